The fourth-order valence-electron chi connectivity index (χ4n) is 1.89. The number of halogens is 3. The lowest BCUT2D eigenvalue weighted by Crippen LogP contribution is -2.02. The van der Waals surface area contributed by atoms with Crippen molar-refractivity contribution in [1.29, 1.82) is 0 Å². The molecule has 0 fully saturated rings. The largest absolute Gasteiger partial charge is 0.508 e. The molecule has 0 saturated heterocycles. The molecular weight excluding hydrogens is 286 g/mol. The van der Waals surface area contributed by atoms with Crippen molar-refractivity contribution >= 4 is 11.6 Å². The van der Waals surface area contributed by atoms with Crippen LogP contribution in [0.2, 0.25) is 5.02 Å². The molecule has 0 aliphatic rings. The van der Waals surface area contributed by atoms with Crippen molar-refractivity contribution in [3.63, 3.8) is 0 Å². The number of benzene rings is 2. The summed E-state index contributed by atoms with van der Waals surface area (Å²) in [6.45, 7) is -2.88. The second-order valence-electron chi connectivity index (χ2n) is 4.31. The molecule has 0 amide bonds. The van der Waals surface area contributed by atoms with Gasteiger partial charge in [0.2, 0.25) is 0 Å². The quantitative estimate of drug-likeness (QED) is 0.884. The van der Waals surface area contributed by atoms with Crippen LogP contribution in [0.4, 0.5) is 8.78 Å². The van der Waals surface area contributed by atoms with E-state index in [0.717, 1.165) is 17.5 Å². The Hall–Kier alpha value is -1.81. The summed E-state index contributed by atoms with van der Waals surface area (Å²) in [4.78, 5) is 0. The SMILES string of the molecule is Oc1cccc(CCc2ccc(OC(F)F)c(Cl)c2)c1. The van der Waals surface area contributed by atoms with Crippen LogP contribution in [0.15, 0.2) is 42.5 Å². The standard InChI is InChI=1S/C15H13ClF2O2/c16-13-9-11(6-7-14(13)20-15(17)18)5-4-10-2-1-3-12(19)8-10/h1-3,6-9,15,19H,4-5H2. The third-order valence-corrected chi connectivity index (χ3v) is 3.12. The molecule has 2 aromatic rings. The van der Waals surface area contributed by atoms with Crippen LogP contribution in [-0.2, 0) is 12.8 Å². The summed E-state index contributed by atoms with van der Waals surface area (Å²) in [5.74, 6) is 0.198. The number of ether oxygens (including phenoxy) is 1. The van der Waals surface area contributed by atoms with Crippen LogP contribution >= 0.6 is 11.6 Å². The van der Waals surface area contributed by atoms with Gasteiger partial charge in [0.25, 0.3) is 0 Å². The van der Waals surface area contributed by atoms with E-state index in [4.69, 9.17) is 11.6 Å². The van der Waals surface area contributed by atoms with E-state index in [2.05, 4.69) is 4.74 Å². The first-order chi connectivity index (χ1) is 9.54. The zero-order valence-electron chi connectivity index (χ0n) is 10.5. The molecule has 5 heteroatoms. The molecule has 0 heterocycles. The van der Waals surface area contributed by atoms with Gasteiger partial charge in [0, 0.05) is 0 Å². The van der Waals surface area contributed by atoms with Gasteiger partial charge < -0.3 is 9.84 Å². The van der Waals surface area contributed by atoms with Gasteiger partial charge in [-0.15, -0.1) is 0 Å². The summed E-state index contributed by atoms with van der Waals surface area (Å²) < 4.78 is 28.5. The highest BCUT2D eigenvalue weighted by Crippen LogP contribution is 2.27. The minimum Gasteiger partial charge on any atom is -0.508 e. The Morgan fingerprint density at radius 3 is 2.35 bits per heavy atom. The van der Waals surface area contributed by atoms with Gasteiger partial charge >= 0.3 is 6.61 Å². The molecule has 1 N–H and O–H groups in total. The monoisotopic (exact) mass is 298 g/mol. The fraction of sp³-hybridized carbons (Fsp3) is 0.200. The number of aryl methyl sites for hydroxylation is 2. The Kier molecular flexibility index (Phi) is 4.79. The van der Waals surface area contributed by atoms with Gasteiger partial charge in [-0.3, -0.25) is 0 Å². The van der Waals surface area contributed by atoms with Gasteiger partial charge in [-0.05, 0) is 48.2 Å². The van der Waals surface area contributed by atoms with Gasteiger partial charge in [-0.25, -0.2) is 0 Å². The minimum atomic E-state index is -2.88. The highest BCUT2D eigenvalue weighted by molar-refractivity contribution is 6.32. The van der Waals surface area contributed by atoms with Crippen molar-refractivity contribution in [1.82, 2.24) is 0 Å². The van der Waals surface area contributed by atoms with Crippen molar-refractivity contribution in [3.05, 3.63) is 58.6 Å². The van der Waals surface area contributed by atoms with Crippen LogP contribution in [0, 0.1) is 0 Å². The van der Waals surface area contributed by atoms with Crippen LogP contribution in [0.25, 0.3) is 0 Å². The second-order valence-corrected chi connectivity index (χ2v) is 4.72. The predicted molar refractivity (Wildman–Crippen MR) is 73.6 cm³/mol. The van der Waals surface area contributed by atoms with Crippen molar-refractivity contribution in [2.75, 3.05) is 0 Å². The number of hydrogen-bond donors (Lipinski definition) is 1. The van der Waals surface area contributed by atoms with E-state index >= 15 is 0 Å². The Bertz CT molecular complexity index is 588. The smallest absolute Gasteiger partial charge is 0.387 e. The molecule has 0 radical (unpaired) electrons. The molecule has 2 rings (SSSR count). The lowest BCUT2D eigenvalue weighted by molar-refractivity contribution is -0.0497. The number of alkyl halides is 2. The summed E-state index contributed by atoms with van der Waals surface area (Å²) >= 11 is 5.88. The molecular formula is C15H13ClF2O2. The summed E-state index contributed by atoms with van der Waals surface area (Å²) in [5, 5.41) is 9.53. The maximum Gasteiger partial charge on any atom is 0.387 e. The molecule has 20 heavy (non-hydrogen) atoms. The molecule has 106 valence electrons. The van der Waals surface area contributed by atoms with Crippen molar-refractivity contribution in [2.24, 2.45) is 0 Å². The summed E-state index contributed by atoms with van der Waals surface area (Å²) in [6.07, 6.45) is 1.41. The lowest BCUT2D eigenvalue weighted by Gasteiger charge is -2.08. The third-order valence-electron chi connectivity index (χ3n) is 2.83. The van der Waals surface area contributed by atoms with E-state index in [0.29, 0.717) is 6.42 Å². The van der Waals surface area contributed by atoms with E-state index in [1.165, 1.54) is 6.07 Å². The minimum absolute atomic E-state index is 0.0252. The van der Waals surface area contributed by atoms with E-state index < -0.39 is 6.61 Å². The van der Waals surface area contributed by atoms with Crippen LogP contribution in [0.5, 0.6) is 11.5 Å². The Morgan fingerprint density at radius 2 is 1.75 bits per heavy atom. The first-order valence-corrected chi connectivity index (χ1v) is 6.43. The van der Waals surface area contributed by atoms with Gasteiger partial charge in [-0.2, -0.15) is 8.78 Å². The van der Waals surface area contributed by atoms with Gasteiger partial charge in [0.15, 0.2) is 0 Å². The van der Waals surface area contributed by atoms with Crippen LogP contribution in [-0.4, -0.2) is 11.7 Å². The van der Waals surface area contributed by atoms with E-state index in [9.17, 15) is 13.9 Å². The summed E-state index contributed by atoms with van der Waals surface area (Å²) in [5.41, 5.74) is 1.91. The third kappa shape index (κ3) is 4.10. The van der Waals surface area contributed by atoms with Crippen LogP contribution in [0.3, 0.4) is 0 Å². The van der Waals surface area contributed by atoms with Crippen molar-refractivity contribution < 1.29 is 18.6 Å². The fourth-order valence-corrected chi connectivity index (χ4v) is 2.14. The predicted octanol–water partition coefficient (Wildman–Crippen LogP) is 4.43. The lowest BCUT2D eigenvalue weighted by atomic mass is 10.0. The molecule has 0 spiro atoms. The summed E-state index contributed by atoms with van der Waals surface area (Å²) in [6, 6.07) is 11.7. The molecule has 0 bridgehead atoms. The highest BCUT2D eigenvalue weighted by atomic mass is 35.5. The Morgan fingerprint density at radius 1 is 1.05 bits per heavy atom. The topological polar surface area (TPSA) is 29.5 Å². The van der Waals surface area contributed by atoms with E-state index in [-0.39, 0.29) is 16.5 Å². The first kappa shape index (κ1) is 14.6. The second kappa shape index (κ2) is 6.57. The Labute approximate surface area is 120 Å². The van der Waals surface area contributed by atoms with Crippen molar-refractivity contribution in [2.45, 2.75) is 19.5 Å². The van der Waals surface area contributed by atoms with Crippen molar-refractivity contribution in [3.8, 4) is 11.5 Å². The zero-order valence-corrected chi connectivity index (χ0v) is 11.3. The molecule has 0 unspecified atom stereocenters. The first-order valence-electron chi connectivity index (χ1n) is 6.06. The van der Waals surface area contributed by atoms with Gasteiger partial charge in [-0.1, -0.05) is 29.8 Å². The number of phenolic OH excluding ortho intramolecular Hbond substituents is 1. The average molecular weight is 299 g/mol. The molecule has 0 saturated carbocycles. The number of phenols is 1. The van der Waals surface area contributed by atoms with Gasteiger partial charge in [0.05, 0.1) is 5.02 Å². The number of aromatic hydroxyl groups is 1. The summed E-state index contributed by atoms with van der Waals surface area (Å²) in [7, 11) is 0. The molecule has 0 atom stereocenters. The zero-order chi connectivity index (χ0) is 14.5. The van der Waals surface area contributed by atoms with Crippen LogP contribution < -0.4 is 4.74 Å². The molecule has 0 aliphatic heterocycles. The van der Waals surface area contributed by atoms with E-state index in [1.54, 1.807) is 30.3 Å². The average Bonchev–Trinajstić information content (AvgIpc) is 2.39. The van der Waals surface area contributed by atoms with E-state index in [1.807, 2.05) is 6.07 Å². The molecule has 0 aliphatic carbocycles. The normalized spacial score (nSPS) is 10.8. The molecule has 2 aromatic carbocycles. The molecule has 0 aromatic heterocycles. The maximum atomic E-state index is 12.1. The number of hydrogen-bond acceptors (Lipinski definition) is 2. The van der Waals surface area contributed by atoms with Crippen LogP contribution in [0.1, 0.15) is 11.1 Å². The maximum absolute atomic E-state index is 12.1. The number of rotatable bonds is 5. The molecule has 2 nitrogen and oxygen atoms in total. The van der Waals surface area contributed by atoms with Gasteiger partial charge in [0.1, 0.15) is 11.5 Å². The highest BCUT2D eigenvalue weighted by Gasteiger charge is 2.09. The Balaban J connectivity index is 2.02.